The highest BCUT2D eigenvalue weighted by Crippen LogP contribution is 2.41. The molecular formula is C24H25F2NO3. The van der Waals surface area contributed by atoms with E-state index in [-0.39, 0.29) is 17.5 Å². The fourth-order valence-corrected chi connectivity index (χ4v) is 4.89. The highest BCUT2D eigenvalue weighted by atomic mass is 19.3. The predicted octanol–water partition coefficient (Wildman–Crippen LogP) is 5.66. The number of halogens is 2. The van der Waals surface area contributed by atoms with E-state index in [1.807, 2.05) is 12.1 Å². The summed E-state index contributed by atoms with van der Waals surface area (Å²) in [6.07, 6.45) is 7.71. The van der Waals surface area contributed by atoms with Gasteiger partial charge in [0.15, 0.2) is 11.5 Å². The molecule has 1 heterocycles. The molecule has 0 bridgehead atoms. The molecule has 0 atom stereocenters. The summed E-state index contributed by atoms with van der Waals surface area (Å²) in [6.45, 7) is -2.91. The zero-order valence-corrected chi connectivity index (χ0v) is 16.8. The Labute approximate surface area is 174 Å². The summed E-state index contributed by atoms with van der Waals surface area (Å²) in [5.74, 6) is 0.384. The molecule has 1 saturated carbocycles. The third-order valence-corrected chi connectivity index (χ3v) is 6.40. The highest BCUT2D eigenvalue weighted by molar-refractivity contribution is 6.02. The van der Waals surface area contributed by atoms with Crippen LogP contribution in [0.4, 0.5) is 8.78 Å². The van der Waals surface area contributed by atoms with E-state index in [2.05, 4.69) is 17.3 Å². The first-order chi connectivity index (χ1) is 14.6. The fraction of sp³-hybridized carbons (Fsp3) is 0.458. The molecule has 158 valence electrons. The summed E-state index contributed by atoms with van der Waals surface area (Å²) in [4.78, 5) is 5.85. The average Bonchev–Trinajstić information content (AvgIpc) is 3.33. The topological polar surface area (TPSA) is 40.0 Å². The van der Waals surface area contributed by atoms with Gasteiger partial charge < -0.3 is 14.3 Å². The molecule has 0 aromatic heterocycles. The molecule has 0 amide bonds. The molecule has 1 fully saturated rings. The summed E-state index contributed by atoms with van der Waals surface area (Å²) in [5.41, 5.74) is 3.97. The van der Waals surface area contributed by atoms with Gasteiger partial charge in [0.2, 0.25) is 0 Å². The number of hydrogen-bond acceptors (Lipinski definition) is 4. The maximum absolute atomic E-state index is 12.9. The van der Waals surface area contributed by atoms with Crippen molar-refractivity contribution in [3.8, 4) is 11.5 Å². The maximum Gasteiger partial charge on any atom is 0.387 e. The van der Waals surface area contributed by atoms with Crippen molar-refractivity contribution >= 4 is 5.71 Å². The van der Waals surface area contributed by atoms with Gasteiger partial charge in [0, 0.05) is 24.8 Å². The number of nitrogens with zero attached hydrogens (tertiary/aromatic N) is 1. The molecule has 6 heteroatoms. The van der Waals surface area contributed by atoms with E-state index in [0.717, 1.165) is 56.2 Å². The number of ether oxygens (including phenoxy) is 2. The van der Waals surface area contributed by atoms with Crippen molar-refractivity contribution in [3.63, 3.8) is 0 Å². The molecule has 0 unspecified atom stereocenters. The zero-order valence-electron chi connectivity index (χ0n) is 16.8. The molecule has 0 N–H and O–H groups in total. The number of benzene rings is 2. The Balaban J connectivity index is 1.37. The van der Waals surface area contributed by atoms with Gasteiger partial charge in [-0.3, -0.25) is 0 Å². The summed E-state index contributed by atoms with van der Waals surface area (Å²) in [5, 5.41) is 4.35. The molecule has 2 aromatic rings. The van der Waals surface area contributed by atoms with Gasteiger partial charge in [0.05, 0.1) is 5.71 Å². The Morgan fingerprint density at radius 3 is 2.40 bits per heavy atom. The second-order valence-electron chi connectivity index (χ2n) is 8.51. The van der Waals surface area contributed by atoms with Crippen LogP contribution in [0, 0.1) is 0 Å². The first-order valence-corrected chi connectivity index (χ1v) is 10.7. The number of fused-ring (bicyclic) bond motifs is 1. The molecule has 1 aliphatic heterocycles. The minimum Gasteiger partial charge on any atom is -0.486 e. The van der Waals surface area contributed by atoms with Crippen LogP contribution in [-0.2, 0) is 17.7 Å². The van der Waals surface area contributed by atoms with E-state index >= 15 is 0 Å². The first kappa shape index (κ1) is 19.3. The van der Waals surface area contributed by atoms with Crippen molar-refractivity contribution in [2.24, 2.45) is 5.16 Å². The Morgan fingerprint density at radius 2 is 1.70 bits per heavy atom. The number of oxime groups is 1. The Kier molecular flexibility index (Phi) is 5.09. The minimum absolute atomic E-state index is 0.0524. The van der Waals surface area contributed by atoms with Crippen LogP contribution in [-0.4, -0.2) is 24.0 Å². The normalized spacial score (nSPS) is 20.2. The van der Waals surface area contributed by atoms with E-state index in [0.29, 0.717) is 5.75 Å². The molecule has 0 radical (unpaired) electrons. The molecule has 2 aromatic carbocycles. The van der Waals surface area contributed by atoms with E-state index in [1.165, 1.54) is 17.5 Å². The lowest BCUT2D eigenvalue weighted by Crippen LogP contribution is -2.31. The van der Waals surface area contributed by atoms with E-state index in [4.69, 9.17) is 14.3 Å². The van der Waals surface area contributed by atoms with E-state index in [9.17, 15) is 8.78 Å². The van der Waals surface area contributed by atoms with Crippen LogP contribution in [0.5, 0.6) is 11.5 Å². The smallest absolute Gasteiger partial charge is 0.387 e. The lowest BCUT2D eigenvalue weighted by Gasteiger charge is -2.30. The Morgan fingerprint density at radius 1 is 0.967 bits per heavy atom. The van der Waals surface area contributed by atoms with Crippen LogP contribution in [0.15, 0.2) is 47.6 Å². The lowest BCUT2D eigenvalue weighted by atomic mass is 9.81. The average molecular weight is 413 g/mol. The fourth-order valence-electron chi connectivity index (χ4n) is 4.89. The first-order valence-electron chi connectivity index (χ1n) is 10.7. The predicted molar refractivity (Wildman–Crippen MR) is 109 cm³/mol. The van der Waals surface area contributed by atoms with Gasteiger partial charge in [-0.2, -0.15) is 8.78 Å². The number of rotatable bonds is 5. The lowest BCUT2D eigenvalue weighted by molar-refractivity contribution is -0.0520. The van der Waals surface area contributed by atoms with Crippen molar-refractivity contribution < 1.29 is 23.1 Å². The van der Waals surface area contributed by atoms with Crippen molar-refractivity contribution in [2.45, 2.75) is 69.7 Å². The molecular weight excluding hydrogens is 388 g/mol. The van der Waals surface area contributed by atoms with Crippen molar-refractivity contribution in [1.82, 2.24) is 0 Å². The summed E-state index contributed by atoms with van der Waals surface area (Å²) in [7, 11) is 0. The van der Waals surface area contributed by atoms with Crippen molar-refractivity contribution in [2.75, 3.05) is 0 Å². The van der Waals surface area contributed by atoms with Crippen LogP contribution in [0.1, 0.15) is 55.2 Å². The van der Waals surface area contributed by atoms with Gasteiger partial charge in [-0.1, -0.05) is 35.8 Å². The standard InChI is InChI=1S/C24H25F2NO3/c25-23(26)29-21-9-8-18(20-15-24(30-27-20)10-4-1-5-11-24)14-22(21)28-19-12-16-6-2-3-7-17(16)13-19/h2-3,6-9,14,19,23H,1,4-5,10-13,15H2. The van der Waals surface area contributed by atoms with Crippen LogP contribution >= 0.6 is 0 Å². The van der Waals surface area contributed by atoms with Gasteiger partial charge >= 0.3 is 6.61 Å². The quantitative estimate of drug-likeness (QED) is 0.635. The van der Waals surface area contributed by atoms with Crippen LogP contribution in [0.25, 0.3) is 0 Å². The third-order valence-electron chi connectivity index (χ3n) is 6.40. The molecule has 30 heavy (non-hydrogen) atoms. The second kappa shape index (κ2) is 7.89. The largest absolute Gasteiger partial charge is 0.486 e. The van der Waals surface area contributed by atoms with Crippen molar-refractivity contribution in [1.29, 1.82) is 0 Å². The molecule has 0 saturated heterocycles. The van der Waals surface area contributed by atoms with E-state index < -0.39 is 6.61 Å². The van der Waals surface area contributed by atoms with Gasteiger partial charge in [-0.25, -0.2) is 0 Å². The van der Waals surface area contributed by atoms with Crippen LogP contribution < -0.4 is 9.47 Å². The highest BCUT2D eigenvalue weighted by Gasteiger charge is 2.40. The minimum atomic E-state index is -2.91. The maximum atomic E-state index is 12.9. The monoisotopic (exact) mass is 413 g/mol. The van der Waals surface area contributed by atoms with Gasteiger partial charge in [0.1, 0.15) is 11.7 Å². The second-order valence-corrected chi connectivity index (χ2v) is 8.51. The van der Waals surface area contributed by atoms with Crippen LogP contribution in [0.3, 0.4) is 0 Å². The van der Waals surface area contributed by atoms with E-state index in [1.54, 1.807) is 18.2 Å². The summed E-state index contributed by atoms with van der Waals surface area (Å²) >= 11 is 0. The van der Waals surface area contributed by atoms with Gasteiger partial charge in [-0.15, -0.1) is 0 Å². The SMILES string of the molecule is FC(F)Oc1ccc(C2=NOC3(CCCCC3)C2)cc1OC1Cc2ccccc2C1. The molecule has 4 nitrogen and oxygen atoms in total. The third kappa shape index (κ3) is 3.87. The zero-order chi connectivity index (χ0) is 20.6. The Hall–Kier alpha value is -2.63. The summed E-state index contributed by atoms with van der Waals surface area (Å²) < 4.78 is 36.8. The number of hydrogen-bond donors (Lipinski definition) is 0. The Bertz CT molecular complexity index is 928. The van der Waals surface area contributed by atoms with Gasteiger partial charge in [0.25, 0.3) is 0 Å². The molecule has 5 rings (SSSR count). The molecule has 2 aliphatic carbocycles. The van der Waals surface area contributed by atoms with Crippen LogP contribution in [0.2, 0.25) is 0 Å². The molecule has 1 spiro atoms. The van der Waals surface area contributed by atoms with Gasteiger partial charge in [-0.05, 0) is 55.0 Å². The molecule has 3 aliphatic rings. The number of alkyl halides is 2. The van der Waals surface area contributed by atoms with Crippen molar-refractivity contribution in [3.05, 3.63) is 59.2 Å². The summed E-state index contributed by atoms with van der Waals surface area (Å²) in [6, 6.07) is 13.3.